The normalized spacial score (nSPS) is 24.0. The minimum absolute atomic E-state index is 0.0438. The number of carbonyl (C=O) groups is 1. The van der Waals surface area contributed by atoms with E-state index in [0.29, 0.717) is 18.1 Å². The molecule has 144 valence electrons. The van der Waals surface area contributed by atoms with Crippen molar-refractivity contribution in [2.45, 2.75) is 56.7 Å². The molecular weight excluding hydrogens is 359 g/mol. The number of hydrogen-bond acceptors (Lipinski definition) is 4. The van der Waals surface area contributed by atoms with Crippen molar-refractivity contribution in [3.05, 3.63) is 47.1 Å². The second kappa shape index (κ2) is 6.35. The number of hydrogen-bond donors (Lipinski definition) is 1. The highest BCUT2D eigenvalue weighted by molar-refractivity contribution is 5.83. The fraction of sp³-hybridized carbons (Fsp3) is 0.526. The summed E-state index contributed by atoms with van der Waals surface area (Å²) in [5, 5.41) is 7.12. The molecule has 2 fully saturated rings. The van der Waals surface area contributed by atoms with Crippen LogP contribution in [0, 0.1) is 12.8 Å². The molecule has 27 heavy (non-hydrogen) atoms. The van der Waals surface area contributed by atoms with Gasteiger partial charge in [-0.2, -0.15) is 18.2 Å². The van der Waals surface area contributed by atoms with E-state index in [9.17, 15) is 18.0 Å². The first-order valence-corrected chi connectivity index (χ1v) is 9.08. The molecule has 1 amide bonds. The maximum absolute atomic E-state index is 12.8. The van der Waals surface area contributed by atoms with Crippen molar-refractivity contribution in [2.24, 2.45) is 5.92 Å². The third-order valence-electron chi connectivity index (χ3n) is 5.57. The van der Waals surface area contributed by atoms with Crippen LogP contribution in [0.2, 0.25) is 0 Å². The van der Waals surface area contributed by atoms with Crippen molar-refractivity contribution in [2.75, 3.05) is 0 Å². The van der Waals surface area contributed by atoms with E-state index in [0.717, 1.165) is 43.4 Å². The average molecular weight is 379 g/mol. The highest BCUT2D eigenvalue weighted by Gasteiger charge is 2.48. The molecule has 2 aliphatic rings. The predicted molar refractivity (Wildman–Crippen MR) is 89.6 cm³/mol. The molecule has 2 unspecified atom stereocenters. The molecule has 2 saturated carbocycles. The van der Waals surface area contributed by atoms with Crippen molar-refractivity contribution in [3.8, 4) is 0 Å². The number of benzene rings is 1. The Balaban J connectivity index is 1.45. The molecule has 1 aromatic carbocycles. The fourth-order valence-electron chi connectivity index (χ4n) is 3.98. The quantitative estimate of drug-likeness (QED) is 0.869. The summed E-state index contributed by atoms with van der Waals surface area (Å²) in [5.74, 6) is 0.603. The molecule has 5 nitrogen and oxygen atoms in total. The Morgan fingerprint density at radius 1 is 1.22 bits per heavy atom. The van der Waals surface area contributed by atoms with Gasteiger partial charge >= 0.3 is 6.18 Å². The first-order chi connectivity index (χ1) is 12.8. The fourth-order valence-corrected chi connectivity index (χ4v) is 3.98. The van der Waals surface area contributed by atoms with Crippen molar-refractivity contribution in [1.82, 2.24) is 15.5 Å². The maximum Gasteiger partial charge on any atom is 0.416 e. The molecule has 0 saturated heterocycles. The van der Waals surface area contributed by atoms with Gasteiger partial charge in [-0.25, -0.2) is 0 Å². The van der Waals surface area contributed by atoms with E-state index >= 15 is 0 Å². The number of nitrogens with one attached hydrogen (secondary N) is 1. The summed E-state index contributed by atoms with van der Waals surface area (Å²) in [6.07, 6.45) is -0.249. The van der Waals surface area contributed by atoms with Crippen LogP contribution in [-0.4, -0.2) is 16.0 Å². The minimum atomic E-state index is -4.35. The Bertz CT molecular complexity index is 839. The van der Waals surface area contributed by atoms with Gasteiger partial charge < -0.3 is 9.84 Å². The number of nitrogens with zero attached hydrogens (tertiary/aromatic N) is 2. The predicted octanol–water partition coefficient (Wildman–Crippen LogP) is 4.09. The van der Waals surface area contributed by atoms with Crippen molar-refractivity contribution in [1.29, 1.82) is 0 Å². The summed E-state index contributed by atoms with van der Waals surface area (Å²) in [6.45, 7) is 1.71. The number of rotatable bonds is 4. The Morgan fingerprint density at radius 3 is 2.44 bits per heavy atom. The van der Waals surface area contributed by atoms with Gasteiger partial charge in [-0.05, 0) is 42.9 Å². The molecule has 0 aliphatic heterocycles. The summed E-state index contributed by atoms with van der Waals surface area (Å²) in [4.78, 5) is 17.1. The molecule has 2 aliphatic carbocycles. The lowest BCUT2D eigenvalue weighted by Gasteiger charge is -2.27. The van der Waals surface area contributed by atoms with E-state index in [4.69, 9.17) is 4.52 Å². The standard InChI is InChI=1S/C19H20F3N3O2/c1-11-23-17(25-27-11)18(8-2-3-9-18)24-16(26)15-10-14(15)12-4-6-13(7-5-12)19(20,21)22/h4-7,14-15H,2-3,8-10H2,1H3,(H,24,26). The third-order valence-corrected chi connectivity index (χ3v) is 5.57. The van der Waals surface area contributed by atoms with Gasteiger partial charge in [0.1, 0.15) is 5.54 Å². The lowest BCUT2D eigenvalue weighted by atomic mass is 9.96. The smallest absolute Gasteiger partial charge is 0.343 e. The Morgan fingerprint density at radius 2 is 1.89 bits per heavy atom. The Hall–Kier alpha value is -2.38. The number of amides is 1. The zero-order chi connectivity index (χ0) is 19.2. The number of alkyl halides is 3. The topological polar surface area (TPSA) is 68.0 Å². The largest absolute Gasteiger partial charge is 0.416 e. The van der Waals surface area contributed by atoms with Crippen molar-refractivity contribution >= 4 is 5.91 Å². The molecule has 1 aromatic heterocycles. The molecule has 2 atom stereocenters. The number of aryl methyl sites for hydroxylation is 1. The maximum atomic E-state index is 12.8. The first kappa shape index (κ1) is 18.0. The van der Waals surface area contributed by atoms with E-state index < -0.39 is 17.3 Å². The molecule has 0 spiro atoms. The molecule has 1 heterocycles. The van der Waals surface area contributed by atoms with Crippen LogP contribution >= 0.6 is 0 Å². The van der Waals surface area contributed by atoms with Crippen LogP contribution in [0.3, 0.4) is 0 Å². The zero-order valence-corrected chi connectivity index (χ0v) is 14.8. The van der Waals surface area contributed by atoms with Crippen LogP contribution in [0.15, 0.2) is 28.8 Å². The SMILES string of the molecule is Cc1nc(C2(NC(=O)C3CC3c3ccc(C(F)(F)F)cc3)CCCC2)no1. The minimum Gasteiger partial charge on any atom is -0.343 e. The second-order valence-corrected chi connectivity index (χ2v) is 7.48. The van der Waals surface area contributed by atoms with Gasteiger partial charge in [0.15, 0.2) is 5.82 Å². The van der Waals surface area contributed by atoms with E-state index in [2.05, 4.69) is 15.5 Å². The van der Waals surface area contributed by atoms with Gasteiger partial charge in [0.25, 0.3) is 0 Å². The van der Waals surface area contributed by atoms with Gasteiger partial charge in [0, 0.05) is 12.8 Å². The van der Waals surface area contributed by atoms with Gasteiger partial charge in [-0.3, -0.25) is 4.79 Å². The van der Waals surface area contributed by atoms with Crippen LogP contribution in [0.25, 0.3) is 0 Å². The highest BCUT2D eigenvalue weighted by Crippen LogP contribution is 2.49. The van der Waals surface area contributed by atoms with Gasteiger partial charge in [0.05, 0.1) is 5.56 Å². The molecule has 8 heteroatoms. The van der Waals surface area contributed by atoms with Gasteiger partial charge in [-0.15, -0.1) is 0 Å². The lowest BCUT2D eigenvalue weighted by Crippen LogP contribution is -2.45. The lowest BCUT2D eigenvalue weighted by molar-refractivity contribution is -0.137. The average Bonchev–Trinajstić information content (AvgIpc) is 3.08. The van der Waals surface area contributed by atoms with Crippen LogP contribution in [-0.2, 0) is 16.5 Å². The number of carbonyl (C=O) groups excluding carboxylic acids is 1. The van der Waals surface area contributed by atoms with Gasteiger partial charge in [-0.1, -0.05) is 30.1 Å². The van der Waals surface area contributed by atoms with Crippen molar-refractivity contribution < 1.29 is 22.5 Å². The summed E-state index contributed by atoms with van der Waals surface area (Å²) >= 11 is 0. The molecule has 0 radical (unpaired) electrons. The summed E-state index contributed by atoms with van der Waals surface area (Å²) in [5.41, 5.74) is -0.508. The molecule has 2 aromatic rings. The summed E-state index contributed by atoms with van der Waals surface area (Å²) < 4.78 is 43.2. The molecule has 1 N–H and O–H groups in total. The molecule has 4 rings (SSSR count). The van der Waals surface area contributed by atoms with E-state index in [-0.39, 0.29) is 17.7 Å². The molecular formula is C19H20F3N3O2. The van der Waals surface area contributed by atoms with Crippen LogP contribution in [0.4, 0.5) is 13.2 Å². The third kappa shape index (κ3) is 3.44. The number of aromatic nitrogens is 2. The first-order valence-electron chi connectivity index (χ1n) is 9.08. The van der Waals surface area contributed by atoms with E-state index in [1.807, 2.05) is 0 Å². The van der Waals surface area contributed by atoms with Gasteiger partial charge in [0.2, 0.25) is 11.8 Å². The summed E-state index contributed by atoms with van der Waals surface area (Å²) in [7, 11) is 0. The zero-order valence-electron chi connectivity index (χ0n) is 14.8. The van der Waals surface area contributed by atoms with E-state index in [1.165, 1.54) is 12.1 Å². The van der Waals surface area contributed by atoms with Crippen molar-refractivity contribution in [3.63, 3.8) is 0 Å². The molecule has 0 bridgehead atoms. The second-order valence-electron chi connectivity index (χ2n) is 7.48. The monoisotopic (exact) mass is 379 g/mol. The van der Waals surface area contributed by atoms with Crippen LogP contribution < -0.4 is 5.32 Å². The summed E-state index contributed by atoms with van der Waals surface area (Å²) in [6, 6.07) is 5.08. The number of halogens is 3. The Kier molecular flexibility index (Phi) is 4.24. The Labute approximate surface area is 154 Å². The van der Waals surface area contributed by atoms with Crippen LogP contribution in [0.1, 0.15) is 60.9 Å². The highest BCUT2D eigenvalue weighted by atomic mass is 19.4. The van der Waals surface area contributed by atoms with E-state index in [1.54, 1.807) is 6.92 Å². The van der Waals surface area contributed by atoms with Crippen LogP contribution in [0.5, 0.6) is 0 Å².